The van der Waals surface area contributed by atoms with Crippen LogP contribution >= 0.6 is 11.3 Å². The van der Waals surface area contributed by atoms with E-state index >= 15 is 0 Å². The summed E-state index contributed by atoms with van der Waals surface area (Å²) >= 11 is 1.50. The van der Waals surface area contributed by atoms with Gasteiger partial charge in [-0.2, -0.15) is 11.3 Å². The fourth-order valence-electron chi connectivity index (χ4n) is 1.75. The first-order valence-electron chi connectivity index (χ1n) is 5.76. The zero-order valence-corrected chi connectivity index (χ0v) is 10.9. The second-order valence-corrected chi connectivity index (χ2v) is 4.74. The van der Waals surface area contributed by atoms with Crippen molar-refractivity contribution in [2.24, 2.45) is 0 Å². The van der Waals surface area contributed by atoms with Crippen LogP contribution in [-0.4, -0.2) is 17.4 Å². The lowest BCUT2D eigenvalue weighted by Crippen LogP contribution is -2.29. The lowest BCUT2D eigenvalue weighted by Gasteiger charge is -2.20. The molecular weight excluding hydrogens is 249 g/mol. The molecule has 1 amide bonds. The van der Waals surface area contributed by atoms with Crippen LogP contribution in [0.2, 0.25) is 0 Å². The third-order valence-corrected chi connectivity index (χ3v) is 3.38. The Morgan fingerprint density at radius 2 is 2.22 bits per heavy atom. The van der Waals surface area contributed by atoms with Crippen molar-refractivity contribution in [2.45, 2.75) is 13.5 Å². The Morgan fingerprint density at radius 1 is 1.39 bits per heavy atom. The van der Waals surface area contributed by atoms with Gasteiger partial charge in [0.2, 0.25) is 0 Å². The maximum Gasteiger partial charge on any atom is 0.254 e. The Hall–Kier alpha value is -1.68. The summed E-state index contributed by atoms with van der Waals surface area (Å²) in [7, 11) is 0. The van der Waals surface area contributed by atoms with E-state index in [0.717, 1.165) is 5.56 Å². The number of carbonyl (C=O) groups is 1. The van der Waals surface area contributed by atoms with E-state index < -0.39 is 0 Å². The van der Waals surface area contributed by atoms with Gasteiger partial charge in [0.1, 0.15) is 5.82 Å². The third-order valence-electron chi connectivity index (χ3n) is 2.70. The normalized spacial score (nSPS) is 10.3. The fourth-order valence-corrected chi connectivity index (χ4v) is 2.38. The van der Waals surface area contributed by atoms with Gasteiger partial charge in [0.05, 0.1) is 5.56 Å². The summed E-state index contributed by atoms with van der Waals surface area (Å²) in [6, 6.07) is 8.16. The van der Waals surface area contributed by atoms with Gasteiger partial charge in [-0.3, -0.25) is 4.79 Å². The highest BCUT2D eigenvalue weighted by Gasteiger charge is 2.14. The molecule has 0 spiro atoms. The first-order valence-corrected chi connectivity index (χ1v) is 6.71. The molecule has 0 saturated heterocycles. The highest BCUT2D eigenvalue weighted by molar-refractivity contribution is 7.08. The number of hydrogen-bond acceptors (Lipinski definition) is 2. The number of rotatable bonds is 4. The van der Waals surface area contributed by atoms with Crippen LogP contribution in [0.5, 0.6) is 0 Å². The molecule has 94 valence electrons. The molecule has 0 atom stereocenters. The molecule has 0 saturated carbocycles. The van der Waals surface area contributed by atoms with Gasteiger partial charge in [-0.05, 0) is 36.1 Å². The Kier molecular flexibility index (Phi) is 4.10. The zero-order chi connectivity index (χ0) is 13.0. The van der Waals surface area contributed by atoms with Gasteiger partial charge < -0.3 is 4.90 Å². The van der Waals surface area contributed by atoms with Crippen LogP contribution in [0.25, 0.3) is 0 Å². The maximum absolute atomic E-state index is 13.1. The van der Waals surface area contributed by atoms with Gasteiger partial charge in [-0.25, -0.2) is 4.39 Å². The molecule has 0 radical (unpaired) electrons. The molecule has 0 aliphatic carbocycles. The minimum atomic E-state index is -0.272. The van der Waals surface area contributed by atoms with Crippen LogP contribution in [0.15, 0.2) is 41.1 Å². The summed E-state index contributed by atoms with van der Waals surface area (Å²) < 4.78 is 13.1. The highest BCUT2D eigenvalue weighted by atomic mass is 32.1. The van der Waals surface area contributed by atoms with Gasteiger partial charge in [0, 0.05) is 18.5 Å². The van der Waals surface area contributed by atoms with E-state index in [9.17, 15) is 9.18 Å². The Morgan fingerprint density at radius 3 is 2.83 bits per heavy atom. The fraction of sp³-hybridized carbons (Fsp3) is 0.214. The molecule has 1 heterocycles. The van der Waals surface area contributed by atoms with E-state index in [2.05, 4.69) is 0 Å². The van der Waals surface area contributed by atoms with Crippen LogP contribution in [0.1, 0.15) is 22.8 Å². The van der Waals surface area contributed by atoms with Gasteiger partial charge in [0.15, 0.2) is 0 Å². The minimum absolute atomic E-state index is 0.0111. The van der Waals surface area contributed by atoms with Crippen LogP contribution in [-0.2, 0) is 6.54 Å². The molecule has 0 aliphatic heterocycles. The number of thiophene rings is 1. The van der Waals surface area contributed by atoms with Crippen molar-refractivity contribution in [2.75, 3.05) is 6.54 Å². The molecule has 1 aromatic heterocycles. The smallest absolute Gasteiger partial charge is 0.254 e. The van der Waals surface area contributed by atoms with Crippen molar-refractivity contribution in [3.05, 3.63) is 58.0 Å². The van der Waals surface area contributed by atoms with Crippen LogP contribution in [0, 0.1) is 5.82 Å². The molecule has 2 aromatic rings. The van der Waals surface area contributed by atoms with E-state index in [1.165, 1.54) is 23.5 Å². The summed E-state index contributed by atoms with van der Waals surface area (Å²) in [5.41, 5.74) is 1.50. The third kappa shape index (κ3) is 2.96. The summed E-state index contributed by atoms with van der Waals surface area (Å²) in [5.74, 6) is -0.283. The standard InChI is InChI=1S/C14H14FNOS/c1-2-16(14(17)12-6-7-18-10-12)9-11-4-3-5-13(15)8-11/h3-8,10H,2,9H2,1H3. The monoisotopic (exact) mass is 263 g/mol. The number of halogens is 1. The van der Waals surface area contributed by atoms with Gasteiger partial charge in [-0.1, -0.05) is 12.1 Å². The maximum atomic E-state index is 13.1. The van der Waals surface area contributed by atoms with E-state index in [0.29, 0.717) is 18.7 Å². The van der Waals surface area contributed by atoms with Crippen LogP contribution in [0.3, 0.4) is 0 Å². The highest BCUT2D eigenvalue weighted by Crippen LogP contribution is 2.13. The quantitative estimate of drug-likeness (QED) is 0.826. The SMILES string of the molecule is CCN(Cc1cccc(F)c1)C(=O)c1ccsc1. The first kappa shape index (κ1) is 12.8. The first-order chi connectivity index (χ1) is 8.70. The molecule has 18 heavy (non-hydrogen) atoms. The van der Waals surface area contributed by atoms with Crippen molar-refractivity contribution in [1.29, 1.82) is 0 Å². The molecule has 1 aromatic carbocycles. The van der Waals surface area contributed by atoms with Crippen LogP contribution in [0.4, 0.5) is 4.39 Å². The average Bonchev–Trinajstić information content (AvgIpc) is 2.89. The number of nitrogens with zero attached hydrogens (tertiary/aromatic N) is 1. The second kappa shape index (κ2) is 5.78. The Balaban J connectivity index is 2.12. The molecule has 0 bridgehead atoms. The predicted molar refractivity (Wildman–Crippen MR) is 71.1 cm³/mol. The van der Waals surface area contributed by atoms with E-state index in [4.69, 9.17) is 0 Å². The number of carbonyl (C=O) groups excluding carboxylic acids is 1. The Bertz CT molecular complexity index is 524. The van der Waals surface area contributed by atoms with E-state index in [-0.39, 0.29) is 11.7 Å². The molecule has 0 fully saturated rings. The van der Waals surface area contributed by atoms with Crippen molar-refractivity contribution in [3.8, 4) is 0 Å². The largest absolute Gasteiger partial charge is 0.335 e. The molecule has 0 N–H and O–H groups in total. The number of benzene rings is 1. The van der Waals surface area contributed by atoms with Crippen molar-refractivity contribution < 1.29 is 9.18 Å². The van der Waals surface area contributed by atoms with E-state index in [1.807, 2.05) is 23.8 Å². The molecule has 0 unspecified atom stereocenters. The molecular formula is C14H14FNOS. The van der Waals surface area contributed by atoms with Gasteiger partial charge in [0.25, 0.3) is 5.91 Å². The molecule has 4 heteroatoms. The topological polar surface area (TPSA) is 20.3 Å². The predicted octanol–water partition coefficient (Wildman–Crippen LogP) is 3.55. The average molecular weight is 263 g/mol. The summed E-state index contributed by atoms with van der Waals surface area (Å²) in [5, 5.41) is 3.71. The van der Waals surface area contributed by atoms with Crippen LogP contribution < -0.4 is 0 Å². The van der Waals surface area contributed by atoms with Crippen molar-refractivity contribution in [3.63, 3.8) is 0 Å². The van der Waals surface area contributed by atoms with Gasteiger partial charge in [-0.15, -0.1) is 0 Å². The number of amides is 1. The minimum Gasteiger partial charge on any atom is -0.335 e. The molecule has 2 rings (SSSR count). The van der Waals surface area contributed by atoms with Crippen molar-refractivity contribution in [1.82, 2.24) is 4.90 Å². The summed E-state index contributed by atoms with van der Waals surface area (Å²) in [6.45, 7) is 2.96. The van der Waals surface area contributed by atoms with Crippen molar-refractivity contribution >= 4 is 17.2 Å². The summed E-state index contributed by atoms with van der Waals surface area (Å²) in [6.07, 6.45) is 0. The summed E-state index contributed by atoms with van der Waals surface area (Å²) in [4.78, 5) is 13.9. The van der Waals surface area contributed by atoms with E-state index in [1.54, 1.807) is 17.0 Å². The lowest BCUT2D eigenvalue weighted by molar-refractivity contribution is 0.0753. The Labute approximate surface area is 110 Å². The second-order valence-electron chi connectivity index (χ2n) is 3.96. The molecule has 2 nitrogen and oxygen atoms in total. The van der Waals surface area contributed by atoms with Gasteiger partial charge >= 0.3 is 0 Å². The lowest BCUT2D eigenvalue weighted by atomic mass is 10.2. The molecule has 0 aliphatic rings. The number of hydrogen-bond donors (Lipinski definition) is 0. The zero-order valence-electron chi connectivity index (χ0n) is 10.1.